The molecule has 1 aromatic carbocycles. The Morgan fingerprint density at radius 3 is 2.60 bits per heavy atom. The zero-order valence-corrected chi connectivity index (χ0v) is 15.1. The number of para-hydroxylation sites is 1. The predicted octanol–water partition coefficient (Wildman–Crippen LogP) is 3.31. The number of rotatable bonds is 5. The van der Waals surface area contributed by atoms with Crippen molar-refractivity contribution in [2.24, 2.45) is 5.92 Å². The molecular formula is C20H30N2O3. The molecule has 1 aliphatic carbocycles. The summed E-state index contributed by atoms with van der Waals surface area (Å²) in [4.78, 5) is 14.3. The number of urea groups is 1. The lowest BCUT2D eigenvalue weighted by Crippen LogP contribution is -2.45. The van der Waals surface area contributed by atoms with Crippen molar-refractivity contribution in [2.45, 2.75) is 64.2 Å². The number of aliphatic hydroxyl groups excluding tert-OH is 1. The minimum atomic E-state index is -0.287. The first-order valence-corrected chi connectivity index (χ1v) is 9.59. The normalized spacial score (nSPS) is 20.5. The van der Waals surface area contributed by atoms with Crippen LogP contribution in [0, 0.1) is 5.92 Å². The first kappa shape index (κ1) is 18.1. The molecule has 2 fully saturated rings. The summed E-state index contributed by atoms with van der Waals surface area (Å²) in [5.41, 5.74) is 1.03. The van der Waals surface area contributed by atoms with E-state index in [1.54, 1.807) is 0 Å². The fourth-order valence-electron chi connectivity index (χ4n) is 3.82. The van der Waals surface area contributed by atoms with Gasteiger partial charge < -0.3 is 20.1 Å². The number of aliphatic hydroxyl groups is 1. The Kier molecular flexibility index (Phi) is 6.19. The molecule has 5 heteroatoms. The third-order valence-corrected chi connectivity index (χ3v) is 5.51. The van der Waals surface area contributed by atoms with Crippen LogP contribution in [0.4, 0.5) is 4.79 Å². The van der Waals surface area contributed by atoms with Gasteiger partial charge in [-0.3, -0.25) is 0 Å². The van der Waals surface area contributed by atoms with Crippen molar-refractivity contribution < 1.29 is 14.6 Å². The largest absolute Gasteiger partial charge is 0.490 e. The maximum absolute atomic E-state index is 12.4. The van der Waals surface area contributed by atoms with E-state index in [4.69, 9.17) is 4.74 Å². The fraction of sp³-hybridized carbons (Fsp3) is 0.650. The van der Waals surface area contributed by atoms with Gasteiger partial charge in [0.2, 0.25) is 0 Å². The van der Waals surface area contributed by atoms with Crippen LogP contribution in [0.2, 0.25) is 0 Å². The number of hydrogen-bond acceptors (Lipinski definition) is 3. The van der Waals surface area contributed by atoms with Crippen LogP contribution in [0.15, 0.2) is 24.3 Å². The van der Waals surface area contributed by atoms with Crippen molar-refractivity contribution in [2.75, 3.05) is 13.1 Å². The van der Waals surface area contributed by atoms with Crippen LogP contribution in [0.25, 0.3) is 0 Å². The number of amides is 2. The number of carbonyl (C=O) groups excluding carboxylic acids is 1. The summed E-state index contributed by atoms with van der Waals surface area (Å²) in [6.45, 7) is 3.74. The highest BCUT2D eigenvalue weighted by Crippen LogP contribution is 2.26. The maximum atomic E-state index is 12.4. The van der Waals surface area contributed by atoms with E-state index < -0.39 is 0 Å². The highest BCUT2D eigenvalue weighted by atomic mass is 16.5. The van der Waals surface area contributed by atoms with Gasteiger partial charge in [0, 0.05) is 25.2 Å². The molecule has 1 unspecified atom stereocenters. The average molecular weight is 346 g/mol. The summed E-state index contributed by atoms with van der Waals surface area (Å²) < 4.78 is 6.13. The summed E-state index contributed by atoms with van der Waals surface area (Å²) in [6, 6.07) is 7.95. The number of nitrogens with zero attached hydrogens (tertiary/aromatic N) is 1. The minimum absolute atomic E-state index is 0.0280. The van der Waals surface area contributed by atoms with E-state index in [2.05, 4.69) is 5.32 Å². The monoisotopic (exact) mass is 346 g/mol. The number of nitrogens with one attached hydrogen (secondary N) is 1. The van der Waals surface area contributed by atoms with Crippen molar-refractivity contribution in [3.63, 3.8) is 0 Å². The average Bonchev–Trinajstić information content (AvgIpc) is 3.14. The van der Waals surface area contributed by atoms with Gasteiger partial charge in [-0.2, -0.15) is 0 Å². The van der Waals surface area contributed by atoms with Crippen LogP contribution in [0.5, 0.6) is 5.75 Å². The molecule has 1 saturated carbocycles. The molecule has 138 valence electrons. The Morgan fingerprint density at radius 2 is 1.92 bits per heavy atom. The minimum Gasteiger partial charge on any atom is -0.490 e. The van der Waals surface area contributed by atoms with Gasteiger partial charge in [0.1, 0.15) is 5.75 Å². The van der Waals surface area contributed by atoms with E-state index in [0.29, 0.717) is 31.7 Å². The molecule has 2 N–H and O–H groups in total. The van der Waals surface area contributed by atoms with E-state index in [1.807, 2.05) is 36.1 Å². The summed E-state index contributed by atoms with van der Waals surface area (Å²) in [6.07, 6.45) is 6.50. The number of carbonyl (C=O) groups is 1. The highest BCUT2D eigenvalue weighted by molar-refractivity contribution is 5.74. The lowest BCUT2D eigenvalue weighted by Gasteiger charge is -2.33. The number of ether oxygens (including phenoxy) is 1. The Balaban J connectivity index is 1.50. The van der Waals surface area contributed by atoms with Gasteiger partial charge in [0.25, 0.3) is 0 Å². The Labute approximate surface area is 150 Å². The van der Waals surface area contributed by atoms with Gasteiger partial charge in [-0.15, -0.1) is 0 Å². The first-order valence-electron chi connectivity index (χ1n) is 9.59. The van der Waals surface area contributed by atoms with Crippen LogP contribution in [0.1, 0.15) is 51.0 Å². The molecule has 1 aromatic rings. The van der Waals surface area contributed by atoms with Gasteiger partial charge in [-0.25, -0.2) is 4.79 Å². The summed E-state index contributed by atoms with van der Waals surface area (Å²) in [7, 11) is 0. The van der Waals surface area contributed by atoms with Crippen LogP contribution in [-0.4, -0.2) is 41.3 Å². The van der Waals surface area contributed by atoms with Gasteiger partial charge in [0.05, 0.1) is 12.2 Å². The summed E-state index contributed by atoms with van der Waals surface area (Å²) in [5.74, 6) is 1.20. The zero-order valence-electron chi connectivity index (χ0n) is 15.1. The van der Waals surface area contributed by atoms with Crippen molar-refractivity contribution in [1.82, 2.24) is 10.2 Å². The molecule has 1 saturated heterocycles. The molecule has 2 amide bonds. The molecule has 5 nitrogen and oxygen atoms in total. The predicted molar refractivity (Wildman–Crippen MR) is 97.5 cm³/mol. The maximum Gasteiger partial charge on any atom is 0.317 e. The molecule has 0 radical (unpaired) electrons. The van der Waals surface area contributed by atoms with Crippen LogP contribution >= 0.6 is 0 Å². The fourth-order valence-corrected chi connectivity index (χ4v) is 3.82. The van der Waals surface area contributed by atoms with E-state index >= 15 is 0 Å². The molecule has 1 heterocycles. The highest BCUT2D eigenvalue weighted by Gasteiger charge is 2.25. The molecule has 0 spiro atoms. The van der Waals surface area contributed by atoms with Crippen LogP contribution in [0.3, 0.4) is 0 Å². The third kappa shape index (κ3) is 4.88. The molecule has 0 bridgehead atoms. The Hall–Kier alpha value is -1.75. The van der Waals surface area contributed by atoms with Gasteiger partial charge in [-0.1, -0.05) is 18.2 Å². The van der Waals surface area contributed by atoms with E-state index in [-0.39, 0.29) is 12.1 Å². The third-order valence-electron chi connectivity index (χ3n) is 5.51. The summed E-state index contributed by atoms with van der Waals surface area (Å²) in [5, 5.41) is 12.7. The van der Waals surface area contributed by atoms with E-state index in [9.17, 15) is 9.90 Å². The van der Waals surface area contributed by atoms with Crippen molar-refractivity contribution in [3.05, 3.63) is 29.8 Å². The van der Waals surface area contributed by atoms with Crippen LogP contribution < -0.4 is 10.1 Å². The molecule has 25 heavy (non-hydrogen) atoms. The topological polar surface area (TPSA) is 61.8 Å². The number of hydrogen-bond donors (Lipinski definition) is 2. The summed E-state index contributed by atoms with van der Waals surface area (Å²) >= 11 is 0. The van der Waals surface area contributed by atoms with Gasteiger partial charge in [-0.05, 0) is 57.4 Å². The van der Waals surface area contributed by atoms with Crippen molar-refractivity contribution in [1.29, 1.82) is 0 Å². The molecule has 2 aliphatic rings. The lowest BCUT2D eigenvalue weighted by atomic mass is 9.92. The molecular weight excluding hydrogens is 316 g/mol. The zero-order chi connectivity index (χ0) is 17.6. The quantitative estimate of drug-likeness (QED) is 0.860. The smallest absolute Gasteiger partial charge is 0.317 e. The van der Waals surface area contributed by atoms with Gasteiger partial charge >= 0.3 is 6.03 Å². The number of likely N-dealkylation sites (tertiary alicyclic amines) is 1. The molecule has 1 atom stereocenters. The second-order valence-electron chi connectivity index (χ2n) is 7.36. The SMILES string of the molecule is CC(O)C1CCN(C(=O)NCc2ccccc2OC2CCCC2)CC1. The second kappa shape index (κ2) is 8.56. The van der Waals surface area contributed by atoms with Gasteiger partial charge in [0.15, 0.2) is 0 Å². The number of piperidine rings is 1. The van der Waals surface area contributed by atoms with E-state index in [0.717, 1.165) is 37.0 Å². The van der Waals surface area contributed by atoms with E-state index in [1.165, 1.54) is 12.8 Å². The Bertz CT molecular complexity index is 562. The van der Waals surface area contributed by atoms with Crippen molar-refractivity contribution in [3.8, 4) is 5.75 Å². The second-order valence-corrected chi connectivity index (χ2v) is 7.36. The molecule has 3 rings (SSSR count). The standard InChI is InChI=1S/C20H30N2O3/c1-15(23)16-10-12-22(13-11-16)20(24)21-14-17-6-2-5-9-19(17)25-18-7-3-4-8-18/h2,5-6,9,15-16,18,23H,3-4,7-8,10-14H2,1H3,(H,21,24). The first-order chi connectivity index (χ1) is 12.1. The Morgan fingerprint density at radius 1 is 1.24 bits per heavy atom. The van der Waals surface area contributed by atoms with Crippen molar-refractivity contribution >= 4 is 6.03 Å². The number of benzene rings is 1. The lowest BCUT2D eigenvalue weighted by molar-refractivity contribution is 0.0797. The van der Waals surface area contributed by atoms with Crippen LogP contribution in [-0.2, 0) is 6.54 Å². The molecule has 1 aliphatic heterocycles. The molecule has 0 aromatic heterocycles.